The van der Waals surface area contributed by atoms with Gasteiger partial charge in [-0.05, 0) is 60.4 Å². The molecular formula is C18H19ClO4. The number of aryl methyl sites for hydroxylation is 2. The Labute approximate surface area is 140 Å². The third kappa shape index (κ3) is 4.89. The summed E-state index contributed by atoms with van der Waals surface area (Å²) in [6.45, 7) is 0. The molecule has 0 unspecified atom stereocenters. The number of Topliss-reactive ketones (excluding diaryl/α,β-unsaturated/α-hetero) is 1. The van der Waals surface area contributed by atoms with Crippen LogP contribution in [0, 0.1) is 0 Å². The maximum Gasteiger partial charge on any atom is 0.133 e. The number of carbonyl (C=O) groups is 1. The van der Waals surface area contributed by atoms with Gasteiger partial charge in [-0.3, -0.25) is 4.79 Å². The van der Waals surface area contributed by atoms with Crippen LogP contribution in [0.4, 0.5) is 0 Å². The van der Waals surface area contributed by atoms with Crippen molar-refractivity contribution in [1.82, 2.24) is 0 Å². The average molecular weight is 335 g/mol. The van der Waals surface area contributed by atoms with Crippen molar-refractivity contribution in [2.75, 3.05) is 7.11 Å². The minimum absolute atomic E-state index is 0.0924. The highest BCUT2D eigenvalue weighted by molar-refractivity contribution is 6.31. The van der Waals surface area contributed by atoms with Crippen LogP contribution in [0.25, 0.3) is 0 Å². The molecule has 2 N–H and O–H groups in total. The first-order valence-corrected chi connectivity index (χ1v) is 7.72. The number of phenolic OH excluding ortho intramolecular Hbond substituents is 2. The van der Waals surface area contributed by atoms with Crippen LogP contribution in [0.2, 0.25) is 5.02 Å². The molecule has 0 spiro atoms. The molecule has 0 aliphatic heterocycles. The van der Waals surface area contributed by atoms with E-state index in [9.17, 15) is 15.0 Å². The largest absolute Gasteiger partial charge is 0.508 e. The van der Waals surface area contributed by atoms with Crippen LogP contribution < -0.4 is 4.74 Å². The Morgan fingerprint density at radius 3 is 2.22 bits per heavy atom. The van der Waals surface area contributed by atoms with E-state index in [-0.39, 0.29) is 17.3 Å². The van der Waals surface area contributed by atoms with Gasteiger partial charge >= 0.3 is 0 Å². The fourth-order valence-corrected chi connectivity index (χ4v) is 2.60. The van der Waals surface area contributed by atoms with Crippen LogP contribution in [-0.2, 0) is 17.6 Å². The van der Waals surface area contributed by atoms with Crippen molar-refractivity contribution in [3.8, 4) is 17.2 Å². The third-order valence-corrected chi connectivity index (χ3v) is 4.01. The van der Waals surface area contributed by atoms with Gasteiger partial charge in [-0.1, -0.05) is 11.6 Å². The SMILES string of the molecule is COc1ccc(O)cc1CCC(=O)CCc1cc(O)ccc1Cl. The Morgan fingerprint density at radius 1 is 1.00 bits per heavy atom. The van der Waals surface area contributed by atoms with Crippen molar-refractivity contribution >= 4 is 17.4 Å². The van der Waals surface area contributed by atoms with E-state index in [2.05, 4.69) is 0 Å². The number of ether oxygens (including phenoxy) is 1. The number of ketones is 1. The van der Waals surface area contributed by atoms with E-state index in [0.29, 0.717) is 36.5 Å². The number of methoxy groups -OCH3 is 1. The third-order valence-electron chi connectivity index (χ3n) is 3.64. The standard InChI is InChI=1S/C18H19ClO4/c1-23-18-9-7-16(22)11-13(18)3-5-14(20)4-2-12-10-15(21)6-8-17(12)19/h6-11,21-22H,2-5H2,1H3. The zero-order valence-corrected chi connectivity index (χ0v) is 13.6. The zero-order chi connectivity index (χ0) is 16.8. The molecule has 0 bridgehead atoms. The van der Waals surface area contributed by atoms with Gasteiger partial charge < -0.3 is 14.9 Å². The summed E-state index contributed by atoms with van der Waals surface area (Å²) in [4.78, 5) is 12.1. The second kappa shape index (κ2) is 7.88. The monoisotopic (exact) mass is 334 g/mol. The van der Waals surface area contributed by atoms with Crippen molar-refractivity contribution < 1.29 is 19.7 Å². The summed E-state index contributed by atoms with van der Waals surface area (Å²) in [5, 5.41) is 19.5. The van der Waals surface area contributed by atoms with Gasteiger partial charge in [0.1, 0.15) is 23.0 Å². The van der Waals surface area contributed by atoms with Crippen LogP contribution in [0.1, 0.15) is 24.0 Å². The molecule has 0 amide bonds. The van der Waals surface area contributed by atoms with Crippen LogP contribution >= 0.6 is 11.6 Å². The van der Waals surface area contributed by atoms with E-state index in [4.69, 9.17) is 16.3 Å². The van der Waals surface area contributed by atoms with Gasteiger partial charge in [0.2, 0.25) is 0 Å². The Hall–Kier alpha value is -2.20. The Morgan fingerprint density at radius 2 is 1.57 bits per heavy atom. The van der Waals surface area contributed by atoms with E-state index in [0.717, 1.165) is 11.1 Å². The molecule has 0 fully saturated rings. The lowest BCUT2D eigenvalue weighted by molar-refractivity contribution is -0.119. The number of carbonyl (C=O) groups excluding carboxylic acids is 1. The molecule has 0 radical (unpaired) electrons. The molecule has 0 heterocycles. The van der Waals surface area contributed by atoms with Gasteiger partial charge in [0.15, 0.2) is 0 Å². The number of hydrogen-bond acceptors (Lipinski definition) is 4. The predicted molar refractivity (Wildman–Crippen MR) is 89.4 cm³/mol. The maximum atomic E-state index is 12.1. The number of halogens is 1. The Kier molecular flexibility index (Phi) is 5.88. The van der Waals surface area contributed by atoms with Crippen molar-refractivity contribution in [3.05, 3.63) is 52.5 Å². The van der Waals surface area contributed by atoms with Crippen LogP contribution in [0.3, 0.4) is 0 Å². The number of phenols is 2. The van der Waals surface area contributed by atoms with Gasteiger partial charge in [0.05, 0.1) is 7.11 Å². The molecule has 0 aromatic heterocycles. The summed E-state index contributed by atoms with van der Waals surface area (Å²) in [6, 6.07) is 9.55. The van der Waals surface area contributed by atoms with Crippen molar-refractivity contribution in [3.63, 3.8) is 0 Å². The molecule has 0 atom stereocenters. The van der Waals surface area contributed by atoms with E-state index in [1.54, 1.807) is 37.4 Å². The second-order valence-electron chi connectivity index (χ2n) is 5.31. The first kappa shape index (κ1) is 17.2. The van der Waals surface area contributed by atoms with Crippen LogP contribution in [-0.4, -0.2) is 23.1 Å². The Balaban J connectivity index is 1.90. The maximum absolute atomic E-state index is 12.1. The quantitative estimate of drug-likeness (QED) is 0.806. The second-order valence-corrected chi connectivity index (χ2v) is 5.72. The van der Waals surface area contributed by atoms with E-state index < -0.39 is 0 Å². The van der Waals surface area contributed by atoms with Gasteiger partial charge in [-0.25, -0.2) is 0 Å². The average Bonchev–Trinajstić information content (AvgIpc) is 2.54. The van der Waals surface area contributed by atoms with Gasteiger partial charge in [-0.2, -0.15) is 0 Å². The molecular weight excluding hydrogens is 316 g/mol. The van der Waals surface area contributed by atoms with Crippen LogP contribution in [0.15, 0.2) is 36.4 Å². The normalized spacial score (nSPS) is 10.5. The number of hydrogen-bond donors (Lipinski definition) is 2. The smallest absolute Gasteiger partial charge is 0.133 e. The molecule has 122 valence electrons. The minimum Gasteiger partial charge on any atom is -0.508 e. The lowest BCUT2D eigenvalue weighted by Gasteiger charge is -2.09. The molecule has 0 saturated carbocycles. The highest BCUT2D eigenvalue weighted by Crippen LogP contribution is 2.25. The van der Waals surface area contributed by atoms with Gasteiger partial charge in [0.25, 0.3) is 0 Å². The molecule has 2 aromatic carbocycles. The highest BCUT2D eigenvalue weighted by atomic mass is 35.5. The first-order chi connectivity index (χ1) is 11.0. The molecule has 23 heavy (non-hydrogen) atoms. The summed E-state index contributed by atoms with van der Waals surface area (Å²) in [7, 11) is 1.56. The predicted octanol–water partition coefficient (Wildman–Crippen LogP) is 3.89. The zero-order valence-electron chi connectivity index (χ0n) is 12.9. The lowest BCUT2D eigenvalue weighted by Crippen LogP contribution is -2.03. The van der Waals surface area contributed by atoms with E-state index >= 15 is 0 Å². The van der Waals surface area contributed by atoms with Crippen molar-refractivity contribution in [1.29, 1.82) is 0 Å². The van der Waals surface area contributed by atoms with E-state index in [1.807, 2.05) is 0 Å². The van der Waals surface area contributed by atoms with E-state index in [1.165, 1.54) is 6.07 Å². The molecule has 5 heteroatoms. The first-order valence-electron chi connectivity index (χ1n) is 7.34. The summed E-state index contributed by atoms with van der Waals surface area (Å²) < 4.78 is 5.22. The minimum atomic E-state index is 0.0924. The molecule has 0 saturated heterocycles. The lowest BCUT2D eigenvalue weighted by atomic mass is 10.0. The van der Waals surface area contributed by atoms with Crippen molar-refractivity contribution in [2.24, 2.45) is 0 Å². The summed E-state index contributed by atoms with van der Waals surface area (Å²) in [5.74, 6) is 1.04. The molecule has 2 rings (SSSR count). The fourth-order valence-electron chi connectivity index (χ4n) is 2.39. The van der Waals surface area contributed by atoms with Crippen LogP contribution in [0.5, 0.6) is 17.2 Å². The topological polar surface area (TPSA) is 66.8 Å². The molecule has 0 aliphatic carbocycles. The van der Waals surface area contributed by atoms with Crippen molar-refractivity contribution in [2.45, 2.75) is 25.7 Å². The van der Waals surface area contributed by atoms with Gasteiger partial charge in [-0.15, -0.1) is 0 Å². The Bertz CT molecular complexity index is 697. The number of benzene rings is 2. The highest BCUT2D eigenvalue weighted by Gasteiger charge is 2.10. The number of rotatable bonds is 7. The summed E-state index contributed by atoms with van der Waals surface area (Å²) >= 11 is 6.04. The van der Waals surface area contributed by atoms with Gasteiger partial charge in [0, 0.05) is 17.9 Å². The summed E-state index contributed by atoms with van der Waals surface area (Å²) in [6.07, 6.45) is 1.70. The molecule has 2 aromatic rings. The molecule has 4 nitrogen and oxygen atoms in total. The fraction of sp³-hybridized carbons (Fsp3) is 0.278. The number of aromatic hydroxyl groups is 2. The summed E-state index contributed by atoms with van der Waals surface area (Å²) in [5.41, 5.74) is 1.56. The molecule has 0 aliphatic rings.